The number of benzene rings is 1. The minimum atomic E-state index is 0.452. The molecule has 1 aromatic heterocycles. The van der Waals surface area contributed by atoms with Crippen molar-refractivity contribution < 1.29 is 0 Å². The zero-order valence-electron chi connectivity index (χ0n) is 11.4. The van der Waals surface area contributed by atoms with Gasteiger partial charge >= 0.3 is 0 Å². The van der Waals surface area contributed by atoms with Crippen molar-refractivity contribution in [1.29, 1.82) is 0 Å². The summed E-state index contributed by atoms with van der Waals surface area (Å²) in [6.45, 7) is 7.85. The van der Waals surface area contributed by atoms with Gasteiger partial charge in [-0.05, 0) is 36.5 Å². The molecular weight excluding hydrogens is 222 g/mol. The third-order valence-corrected chi connectivity index (χ3v) is 4.01. The van der Waals surface area contributed by atoms with Crippen LogP contribution in [-0.2, 0) is 6.54 Å². The molecule has 0 aliphatic heterocycles. The van der Waals surface area contributed by atoms with Crippen LogP contribution in [0.5, 0.6) is 0 Å². The van der Waals surface area contributed by atoms with Gasteiger partial charge in [-0.2, -0.15) is 0 Å². The topological polar surface area (TPSA) is 43.8 Å². The number of nitrogen functional groups attached to an aromatic ring is 1. The second-order valence-corrected chi connectivity index (χ2v) is 5.96. The molecule has 1 fully saturated rings. The average Bonchev–Trinajstić information content (AvgIpc) is 2.87. The Kier molecular flexibility index (Phi) is 2.58. The molecule has 2 N–H and O–H groups in total. The molecule has 18 heavy (non-hydrogen) atoms. The van der Waals surface area contributed by atoms with Crippen LogP contribution < -0.4 is 5.73 Å². The lowest BCUT2D eigenvalue weighted by atomic mass is 10.2. The normalized spacial score (nSPS) is 22.9. The SMILES string of the molecule is CC(C)c1nc2cc(N)ccc2n1CC1CC1C. The second kappa shape index (κ2) is 4.01. The number of rotatable bonds is 3. The molecule has 3 heteroatoms. The van der Waals surface area contributed by atoms with E-state index in [0.717, 1.165) is 29.6 Å². The highest BCUT2D eigenvalue weighted by atomic mass is 15.1. The van der Waals surface area contributed by atoms with Crippen LogP contribution in [-0.4, -0.2) is 9.55 Å². The summed E-state index contributed by atoms with van der Waals surface area (Å²) in [5.74, 6) is 3.34. The third-order valence-electron chi connectivity index (χ3n) is 4.01. The molecular formula is C15H21N3. The molecule has 2 atom stereocenters. The first-order chi connectivity index (χ1) is 8.56. The summed E-state index contributed by atoms with van der Waals surface area (Å²) in [5.41, 5.74) is 8.90. The van der Waals surface area contributed by atoms with Crippen LogP contribution in [0.25, 0.3) is 11.0 Å². The van der Waals surface area contributed by atoms with E-state index in [-0.39, 0.29) is 0 Å². The van der Waals surface area contributed by atoms with Gasteiger partial charge in [0, 0.05) is 18.2 Å². The highest BCUT2D eigenvalue weighted by molar-refractivity contribution is 5.79. The number of anilines is 1. The Bertz CT molecular complexity index is 583. The lowest BCUT2D eigenvalue weighted by molar-refractivity contribution is 0.566. The number of aromatic nitrogens is 2. The van der Waals surface area contributed by atoms with Crippen molar-refractivity contribution in [3.8, 4) is 0 Å². The Morgan fingerprint density at radius 1 is 1.44 bits per heavy atom. The summed E-state index contributed by atoms with van der Waals surface area (Å²) in [7, 11) is 0. The molecule has 0 spiro atoms. The molecule has 3 rings (SSSR count). The molecule has 0 saturated heterocycles. The third kappa shape index (κ3) is 1.88. The van der Waals surface area contributed by atoms with E-state index in [1.54, 1.807) is 0 Å². The van der Waals surface area contributed by atoms with Gasteiger partial charge in [0.15, 0.2) is 0 Å². The van der Waals surface area contributed by atoms with Crippen molar-refractivity contribution in [3.05, 3.63) is 24.0 Å². The smallest absolute Gasteiger partial charge is 0.112 e. The van der Waals surface area contributed by atoms with Gasteiger partial charge in [-0.25, -0.2) is 4.98 Å². The minimum absolute atomic E-state index is 0.452. The van der Waals surface area contributed by atoms with E-state index in [1.165, 1.54) is 17.8 Å². The van der Waals surface area contributed by atoms with Crippen molar-refractivity contribution in [2.45, 2.75) is 39.7 Å². The van der Waals surface area contributed by atoms with Crippen molar-refractivity contribution >= 4 is 16.7 Å². The van der Waals surface area contributed by atoms with E-state index in [4.69, 9.17) is 10.7 Å². The Morgan fingerprint density at radius 3 is 2.78 bits per heavy atom. The van der Waals surface area contributed by atoms with Crippen molar-refractivity contribution in [2.24, 2.45) is 11.8 Å². The predicted octanol–water partition coefficient (Wildman–Crippen LogP) is 3.40. The van der Waals surface area contributed by atoms with Gasteiger partial charge < -0.3 is 10.3 Å². The summed E-state index contributed by atoms with van der Waals surface area (Å²) < 4.78 is 2.40. The van der Waals surface area contributed by atoms with E-state index in [2.05, 4.69) is 31.4 Å². The Balaban J connectivity index is 2.09. The molecule has 1 aromatic carbocycles. The number of imidazole rings is 1. The van der Waals surface area contributed by atoms with Crippen LogP contribution in [0.4, 0.5) is 5.69 Å². The largest absolute Gasteiger partial charge is 0.399 e. The van der Waals surface area contributed by atoms with Gasteiger partial charge in [0.25, 0.3) is 0 Å². The van der Waals surface area contributed by atoms with Crippen LogP contribution in [0.15, 0.2) is 18.2 Å². The number of hydrogen-bond donors (Lipinski definition) is 1. The maximum absolute atomic E-state index is 5.85. The number of hydrogen-bond acceptors (Lipinski definition) is 2. The van der Waals surface area contributed by atoms with Crippen LogP contribution >= 0.6 is 0 Å². The highest BCUT2D eigenvalue weighted by Crippen LogP contribution is 2.40. The number of fused-ring (bicyclic) bond motifs is 1. The van der Waals surface area contributed by atoms with E-state index < -0.39 is 0 Å². The molecule has 3 nitrogen and oxygen atoms in total. The van der Waals surface area contributed by atoms with E-state index in [9.17, 15) is 0 Å². The lowest BCUT2D eigenvalue weighted by Gasteiger charge is -2.11. The molecule has 0 radical (unpaired) electrons. The quantitative estimate of drug-likeness (QED) is 0.840. The van der Waals surface area contributed by atoms with E-state index in [0.29, 0.717) is 5.92 Å². The monoisotopic (exact) mass is 243 g/mol. The summed E-state index contributed by atoms with van der Waals surface area (Å²) >= 11 is 0. The second-order valence-electron chi connectivity index (χ2n) is 5.96. The number of nitrogens with zero attached hydrogens (tertiary/aromatic N) is 2. The fourth-order valence-corrected chi connectivity index (χ4v) is 2.69. The maximum atomic E-state index is 5.85. The van der Waals surface area contributed by atoms with Gasteiger partial charge in [-0.1, -0.05) is 20.8 Å². The first-order valence-electron chi connectivity index (χ1n) is 6.82. The minimum Gasteiger partial charge on any atom is -0.399 e. The molecule has 0 bridgehead atoms. The van der Waals surface area contributed by atoms with Crippen LogP contribution in [0.3, 0.4) is 0 Å². The van der Waals surface area contributed by atoms with Crippen LogP contribution in [0.1, 0.15) is 38.9 Å². The standard InChI is InChI=1S/C15H21N3/c1-9(2)15-17-13-7-12(16)4-5-14(13)18(15)8-11-6-10(11)3/h4-5,7,9-11H,6,8,16H2,1-3H3. The summed E-state index contributed by atoms with van der Waals surface area (Å²) in [5, 5.41) is 0. The van der Waals surface area contributed by atoms with Crippen molar-refractivity contribution in [2.75, 3.05) is 5.73 Å². The average molecular weight is 243 g/mol. The molecule has 1 heterocycles. The van der Waals surface area contributed by atoms with E-state index in [1.807, 2.05) is 12.1 Å². The molecule has 1 aliphatic carbocycles. The summed E-state index contributed by atoms with van der Waals surface area (Å²) in [4.78, 5) is 4.76. The molecule has 1 aliphatic rings. The van der Waals surface area contributed by atoms with E-state index >= 15 is 0 Å². The van der Waals surface area contributed by atoms with Crippen LogP contribution in [0, 0.1) is 11.8 Å². The maximum Gasteiger partial charge on any atom is 0.112 e. The molecule has 2 aromatic rings. The molecule has 96 valence electrons. The fraction of sp³-hybridized carbons (Fsp3) is 0.533. The number of nitrogens with two attached hydrogens (primary N) is 1. The molecule has 2 unspecified atom stereocenters. The van der Waals surface area contributed by atoms with Gasteiger partial charge in [0.2, 0.25) is 0 Å². The Hall–Kier alpha value is -1.51. The van der Waals surface area contributed by atoms with Crippen molar-refractivity contribution in [3.63, 3.8) is 0 Å². The first kappa shape index (κ1) is 11.6. The van der Waals surface area contributed by atoms with Gasteiger partial charge in [0.05, 0.1) is 11.0 Å². The molecule has 1 saturated carbocycles. The zero-order chi connectivity index (χ0) is 12.9. The van der Waals surface area contributed by atoms with Gasteiger partial charge in [0.1, 0.15) is 5.82 Å². The predicted molar refractivity (Wildman–Crippen MR) is 75.5 cm³/mol. The highest BCUT2D eigenvalue weighted by Gasteiger charge is 2.33. The summed E-state index contributed by atoms with van der Waals surface area (Å²) in [6, 6.07) is 6.06. The first-order valence-corrected chi connectivity index (χ1v) is 6.82. The summed E-state index contributed by atoms with van der Waals surface area (Å²) in [6.07, 6.45) is 1.35. The van der Waals surface area contributed by atoms with Crippen molar-refractivity contribution in [1.82, 2.24) is 9.55 Å². The van der Waals surface area contributed by atoms with Gasteiger partial charge in [-0.15, -0.1) is 0 Å². The molecule has 0 amide bonds. The zero-order valence-corrected chi connectivity index (χ0v) is 11.4. The lowest BCUT2D eigenvalue weighted by Crippen LogP contribution is -2.07. The Morgan fingerprint density at radius 2 is 2.17 bits per heavy atom. The van der Waals surface area contributed by atoms with Gasteiger partial charge in [-0.3, -0.25) is 0 Å². The fourth-order valence-electron chi connectivity index (χ4n) is 2.69. The Labute approximate surface area is 108 Å². The van der Waals surface area contributed by atoms with Crippen LogP contribution in [0.2, 0.25) is 0 Å².